The lowest BCUT2D eigenvalue weighted by atomic mass is 10.1. The summed E-state index contributed by atoms with van der Waals surface area (Å²) >= 11 is 0. The van der Waals surface area contributed by atoms with Crippen LogP contribution in [0.2, 0.25) is 0 Å². The van der Waals surface area contributed by atoms with Crippen LogP contribution in [-0.2, 0) is 21.2 Å². The minimum atomic E-state index is -3.64. The van der Waals surface area contributed by atoms with Gasteiger partial charge in [-0.3, -0.25) is 4.79 Å². The summed E-state index contributed by atoms with van der Waals surface area (Å²) in [5.74, 6) is -0.490. The van der Waals surface area contributed by atoms with Gasteiger partial charge in [-0.05, 0) is 43.2 Å². The van der Waals surface area contributed by atoms with E-state index in [0.29, 0.717) is 32.7 Å². The summed E-state index contributed by atoms with van der Waals surface area (Å²) in [5.41, 5.74) is 1.17. The number of halogens is 1. The van der Waals surface area contributed by atoms with Gasteiger partial charge in [0.1, 0.15) is 5.82 Å². The maximum atomic E-state index is 13.1. The quantitative estimate of drug-likeness (QED) is 0.684. The molecule has 2 N–H and O–H groups in total. The number of hydrogen-bond donors (Lipinski definition) is 2. The third-order valence-electron chi connectivity index (χ3n) is 5.38. The van der Waals surface area contributed by atoms with Crippen molar-refractivity contribution in [3.63, 3.8) is 0 Å². The molecule has 0 spiro atoms. The van der Waals surface area contributed by atoms with Gasteiger partial charge in [0, 0.05) is 6.54 Å². The molecule has 2 aromatic carbocycles. The van der Waals surface area contributed by atoms with Crippen molar-refractivity contribution >= 4 is 15.9 Å². The molecule has 1 saturated heterocycles. The van der Waals surface area contributed by atoms with Crippen molar-refractivity contribution < 1.29 is 22.5 Å². The molecule has 1 fully saturated rings. The smallest absolute Gasteiger partial charge is 0.278 e. The van der Waals surface area contributed by atoms with Crippen molar-refractivity contribution in [2.45, 2.75) is 24.3 Å². The molecule has 8 heteroatoms. The Kier molecular flexibility index (Phi) is 7.00. The maximum absolute atomic E-state index is 13.1. The molecule has 3 rings (SSSR count). The number of nitrogens with one attached hydrogen (secondary N) is 2. The Morgan fingerprint density at radius 2 is 1.72 bits per heavy atom. The lowest BCUT2D eigenvalue weighted by molar-refractivity contribution is -0.917. The number of carbonyl (C=O) groups is 1. The number of hydrogen-bond acceptors (Lipinski definition) is 3. The van der Waals surface area contributed by atoms with Crippen molar-refractivity contribution in [3.8, 4) is 0 Å². The van der Waals surface area contributed by atoms with Crippen molar-refractivity contribution in [3.05, 3.63) is 66.0 Å². The summed E-state index contributed by atoms with van der Waals surface area (Å²) < 4.78 is 39.9. The number of quaternary nitrogens is 1. The lowest BCUT2D eigenvalue weighted by Gasteiger charge is -2.34. The summed E-state index contributed by atoms with van der Waals surface area (Å²) in [6.07, 6.45) is 0.776. The molecule has 1 heterocycles. The molecule has 156 valence electrons. The third-order valence-corrected chi connectivity index (χ3v) is 7.29. The Hall–Kier alpha value is -2.29. The van der Waals surface area contributed by atoms with Crippen LogP contribution in [0, 0.1) is 5.82 Å². The average molecular weight is 421 g/mol. The van der Waals surface area contributed by atoms with Crippen LogP contribution in [0.3, 0.4) is 0 Å². The van der Waals surface area contributed by atoms with Gasteiger partial charge < -0.3 is 10.2 Å². The Morgan fingerprint density at radius 1 is 1.10 bits per heavy atom. The molecular formula is C21H27FN3O3S+. The number of sulfonamides is 1. The Balaban J connectivity index is 1.49. The predicted octanol–water partition coefficient (Wildman–Crippen LogP) is 0.462. The van der Waals surface area contributed by atoms with Crippen molar-refractivity contribution in [2.24, 2.45) is 0 Å². The monoisotopic (exact) mass is 420 g/mol. The van der Waals surface area contributed by atoms with Crippen LogP contribution in [0.1, 0.15) is 12.5 Å². The highest BCUT2D eigenvalue weighted by Crippen LogP contribution is 2.16. The van der Waals surface area contributed by atoms with E-state index >= 15 is 0 Å². The number of rotatable bonds is 7. The van der Waals surface area contributed by atoms with Gasteiger partial charge in [-0.25, -0.2) is 12.8 Å². The van der Waals surface area contributed by atoms with Crippen molar-refractivity contribution in [2.75, 3.05) is 32.7 Å². The molecule has 0 saturated carbocycles. The van der Waals surface area contributed by atoms with E-state index in [1.54, 1.807) is 0 Å². The molecule has 0 aromatic heterocycles. The van der Waals surface area contributed by atoms with E-state index in [1.165, 1.54) is 22.0 Å². The first kappa shape index (κ1) is 21.4. The number of benzene rings is 2. The second-order valence-corrected chi connectivity index (χ2v) is 9.20. The second kappa shape index (κ2) is 9.47. The van der Waals surface area contributed by atoms with E-state index in [9.17, 15) is 17.6 Å². The van der Waals surface area contributed by atoms with E-state index in [2.05, 4.69) is 5.32 Å². The highest BCUT2D eigenvalue weighted by Gasteiger charge is 2.34. The van der Waals surface area contributed by atoms with Crippen LogP contribution < -0.4 is 10.2 Å². The van der Waals surface area contributed by atoms with Gasteiger partial charge in [-0.1, -0.05) is 30.3 Å². The molecule has 6 nitrogen and oxygen atoms in total. The molecular weight excluding hydrogens is 393 g/mol. The molecule has 29 heavy (non-hydrogen) atoms. The molecule has 1 aliphatic heterocycles. The number of nitrogens with zero attached hydrogens (tertiary/aromatic N) is 1. The van der Waals surface area contributed by atoms with Crippen molar-refractivity contribution in [1.82, 2.24) is 9.62 Å². The number of amides is 1. The number of piperazine rings is 1. The first-order valence-corrected chi connectivity index (χ1v) is 11.2. The van der Waals surface area contributed by atoms with Crippen molar-refractivity contribution in [1.29, 1.82) is 0 Å². The van der Waals surface area contributed by atoms with Crippen LogP contribution in [0.15, 0.2) is 59.5 Å². The van der Waals surface area contributed by atoms with Crippen LogP contribution in [0.5, 0.6) is 0 Å². The zero-order valence-corrected chi connectivity index (χ0v) is 17.3. The van der Waals surface area contributed by atoms with Crippen LogP contribution >= 0.6 is 0 Å². The zero-order chi connectivity index (χ0) is 20.9. The van der Waals surface area contributed by atoms with Gasteiger partial charge >= 0.3 is 0 Å². The average Bonchev–Trinajstić information content (AvgIpc) is 2.74. The molecule has 0 aliphatic carbocycles. The lowest BCUT2D eigenvalue weighted by Crippen LogP contribution is -3.19. The van der Waals surface area contributed by atoms with E-state index in [-0.39, 0.29) is 16.8 Å². The van der Waals surface area contributed by atoms with Gasteiger partial charge in [-0.15, -0.1) is 0 Å². The minimum absolute atomic E-state index is 0.0224. The zero-order valence-electron chi connectivity index (χ0n) is 16.5. The van der Waals surface area contributed by atoms with E-state index < -0.39 is 15.8 Å². The van der Waals surface area contributed by atoms with Crippen LogP contribution in [0.4, 0.5) is 4.39 Å². The first-order valence-electron chi connectivity index (χ1n) is 9.80. The summed E-state index contributed by atoms with van der Waals surface area (Å²) in [6, 6.07) is 14.6. The summed E-state index contributed by atoms with van der Waals surface area (Å²) in [7, 11) is -3.64. The Bertz CT molecular complexity index is 912. The molecule has 2 aromatic rings. The SMILES string of the molecule is C[C@H](C(=O)NCCc1ccccc1)[NH+]1CCN(S(=O)(=O)c2ccc(F)cc2)CC1. The second-order valence-electron chi connectivity index (χ2n) is 7.26. The van der Waals surface area contributed by atoms with Crippen LogP contribution in [0.25, 0.3) is 0 Å². The molecule has 1 amide bonds. The fourth-order valence-electron chi connectivity index (χ4n) is 3.52. The summed E-state index contributed by atoms with van der Waals surface area (Å²) in [5, 5.41) is 2.97. The van der Waals surface area contributed by atoms with E-state index in [1.807, 2.05) is 37.3 Å². The number of carbonyl (C=O) groups excluding carboxylic acids is 1. The predicted molar refractivity (Wildman–Crippen MR) is 108 cm³/mol. The fourth-order valence-corrected chi connectivity index (χ4v) is 4.96. The molecule has 1 atom stereocenters. The topological polar surface area (TPSA) is 70.9 Å². The van der Waals surface area contributed by atoms with E-state index in [0.717, 1.165) is 23.5 Å². The molecule has 0 bridgehead atoms. The summed E-state index contributed by atoms with van der Waals surface area (Å²) in [4.78, 5) is 13.6. The standard InChI is InChI=1S/C21H26FN3O3S/c1-17(21(26)23-12-11-18-5-3-2-4-6-18)24-13-15-25(16-14-24)29(27,28)20-9-7-19(22)8-10-20/h2-10,17H,11-16H2,1H3,(H,23,26)/p+1/t17-/m1/s1. The molecule has 1 aliphatic rings. The van der Waals surface area contributed by atoms with Gasteiger partial charge in [-0.2, -0.15) is 4.31 Å². The molecule has 0 unspecified atom stereocenters. The first-order chi connectivity index (χ1) is 13.9. The maximum Gasteiger partial charge on any atom is 0.278 e. The Morgan fingerprint density at radius 3 is 2.34 bits per heavy atom. The fraction of sp³-hybridized carbons (Fsp3) is 0.381. The van der Waals surface area contributed by atoms with Crippen LogP contribution in [-0.4, -0.2) is 57.4 Å². The largest absolute Gasteiger partial charge is 0.351 e. The van der Waals surface area contributed by atoms with Gasteiger partial charge in [0.15, 0.2) is 6.04 Å². The van der Waals surface area contributed by atoms with Gasteiger partial charge in [0.05, 0.1) is 31.1 Å². The highest BCUT2D eigenvalue weighted by atomic mass is 32.2. The third kappa shape index (κ3) is 5.41. The van der Waals surface area contributed by atoms with Gasteiger partial charge in [0.2, 0.25) is 10.0 Å². The minimum Gasteiger partial charge on any atom is -0.351 e. The normalized spacial score (nSPS) is 17.0. The summed E-state index contributed by atoms with van der Waals surface area (Å²) in [6.45, 7) is 4.21. The highest BCUT2D eigenvalue weighted by molar-refractivity contribution is 7.89. The van der Waals surface area contributed by atoms with E-state index in [4.69, 9.17) is 0 Å². The molecule has 0 radical (unpaired) electrons. The Labute approximate surface area is 171 Å². The van der Waals surface area contributed by atoms with Gasteiger partial charge in [0.25, 0.3) is 5.91 Å².